The molecular weight excluding hydrogens is 225 g/mol. The fourth-order valence-electron chi connectivity index (χ4n) is 1.30. The summed E-state index contributed by atoms with van der Waals surface area (Å²) in [5.74, 6) is 0. The topological polar surface area (TPSA) is 26.0 Å². The molecular formula is C7H15IN-. The van der Waals surface area contributed by atoms with Crippen molar-refractivity contribution >= 4 is 0 Å². The van der Waals surface area contributed by atoms with E-state index in [1.807, 2.05) is 0 Å². The fraction of sp³-hybridized carbons (Fsp3) is 1.00. The van der Waals surface area contributed by atoms with Crippen LogP contribution >= 0.6 is 0 Å². The average Bonchev–Trinajstić information content (AvgIpc) is 1.90. The minimum absolute atomic E-state index is 0.511. The van der Waals surface area contributed by atoms with Crippen LogP contribution < -0.4 is 26.9 Å². The third kappa shape index (κ3) is 2.42. The van der Waals surface area contributed by atoms with Crippen molar-refractivity contribution in [2.75, 3.05) is 4.93 Å². The van der Waals surface area contributed by atoms with Crippen LogP contribution in [-0.2, 0) is 0 Å². The van der Waals surface area contributed by atoms with Crippen molar-refractivity contribution in [3.05, 3.63) is 0 Å². The Hall–Kier alpha value is 0.690. The second kappa shape index (κ2) is 3.76. The number of halogens is 1. The van der Waals surface area contributed by atoms with Crippen molar-refractivity contribution in [2.45, 2.75) is 35.6 Å². The zero-order valence-corrected chi connectivity index (χ0v) is 8.10. The Bertz CT molecular complexity index is 77.0. The molecule has 0 aliphatic heterocycles. The van der Waals surface area contributed by atoms with Gasteiger partial charge in [0.05, 0.1) is 0 Å². The van der Waals surface area contributed by atoms with E-state index in [1.165, 1.54) is 25.7 Å². The van der Waals surface area contributed by atoms with E-state index in [0.717, 1.165) is 3.92 Å². The van der Waals surface area contributed by atoms with Gasteiger partial charge in [0.25, 0.3) is 0 Å². The van der Waals surface area contributed by atoms with E-state index in [0.29, 0.717) is 27.2 Å². The Morgan fingerprint density at radius 3 is 2.22 bits per heavy atom. The Morgan fingerprint density at radius 2 is 1.78 bits per heavy atom. The van der Waals surface area contributed by atoms with Gasteiger partial charge in [-0.05, 0) is 0 Å². The quantitative estimate of drug-likeness (QED) is 0.415. The molecule has 0 amide bonds. The average molecular weight is 240 g/mol. The predicted octanol–water partition coefficient (Wildman–Crippen LogP) is -2.02. The summed E-state index contributed by atoms with van der Waals surface area (Å²) >= 11 is 0.511. The maximum absolute atomic E-state index is 5.76. The van der Waals surface area contributed by atoms with Gasteiger partial charge in [0.1, 0.15) is 0 Å². The standard InChI is InChI=1S/C7H15IN/c1-8-6-2-4-7(9)5-3-6/h6-7H,2-5,9H2,1H3/q-1. The van der Waals surface area contributed by atoms with Crippen molar-refractivity contribution < 1.29 is 21.2 Å². The van der Waals surface area contributed by atoms with Gasteiger partial charge in [-0.2, -0.15) is 0 Å². The second-order valence-electron chi connectivity index (χ2n) is 2.73. The summed E-state index contributed by atoms with van der Waals surface area (Å²) in [6.07, 6.45) is 5.42. The summed E-state index contributed by atoms with van der Waals surface area (Å²) in [6.45, 7) is 0. The van der Waals surface area contributed by atoms with Crippen LogP contribution in [0.4, 0.5) is 0 Å². The van der Waals surface area contributed by atoms with Gasteiger partial charge in [0, 0.05) is 0 Å². The summed E-state index contributed by atoms with van der Waals surface area (Å²) in [7, 11) is 0. The molecule has 0 spiro atoms. The normalized spacial score (nSPS) is 37.1. The van der Waals surface area contributed by atoms with Gasteiger partial charge in [-0.25, -0.2) is 0 Å². The number of hydrogen-bond donors (Lipinski definition) is 1. The first-order valence-corrected chi connectivity index (χ1v) is 6.97. The number of nitrogens with two attached hydrogens (primary N) is 1. The van der Waals surface area contributed by atoms with Crippen molar-refractivity contribution in [3.63, 3.8) is 0 Å². The molecule has 0 aromatic rings. The van der Waals surface area contributed by atoms with Gasteiger partial charge in [-0.3, -0.25) is 0 Å². The molecule has 2 heteroatoms. The van der Waals surface area contributed by atoms with Gasteiger partial charge in [0.2, 0.25) is 0 Å². The Morgan fingerprint density at radius 1 is 1.22 bits per heavy atom. The summed E-state index contributed by atoms with van der Waals surface area (Å²) in [6, 6.07) is 0.539. The van der Waals surface area contributed by atoms with Crippen LogP contribution in [0.15, 0.2) is 0 Å². The molecule has 1 aliphatic rings. The first kappa shape index (κ1) is 7.79. The first-order chi connectivity index (χ1) is 4.33. The Labute approximate surface area is 67.6 Å². The first-order valence-electron chi connectivity index (χ1n) is 3.56. The zero-order valence-electron chi connectivity index (χ0n) is 5.94. The van der Waals surface area contributed by atoms with E-state index in [2.05, 4.69) is 4.93 Å². The maximum atomic E-state index is 5.76. The molecule has 56 valence electrons. The van der Waals surface area contributed by atoms with Gasteiger partial charge in [0.15, 0.2) is 0 Å². The minimum atomic E-state index is 0.511. The molecule has 1 rings (SSSR count). The number of alkyl halides is 2. The van der Waals surface area contributed by atoms with Gasteiger partial charge in [-0.1, -0.05) is 0 Å². The predicted molar refractivity (Wildman–Crippen MR) is 36.2 cm³/mol. The summed E-state index contributed by atoms with van der Waals surface area (Å²) in [5, 5.41) is 0. The molecule has 0 bridgehead atoms. The van der Waals surface area contributed by atoms with Crippen LogP contribution in [0.5, 0.6) is 0 Å². The second-order valence-corrected chi connectivity index (χ2v) is 5.74. The Balaban J connectivity index is 2.18. The molecule has 1 saturated carbocycles. The molecule has 9 heavy (non-hydrogen) atoms. The molecule has 2 N–H and O–H groups in total. The van der Waals surface area contributed by atoms with E-state index in [9.17, 15) is 0 Å². The van der Waals surface area contributed by atoms with E-state index in [4.69, 9.17) is 5.73 Å². The fourth-order valence-corrected chi connectivity index (χ4v) is 3.26. The van der Waals surface area contributed by atoms with E-state index < -0.39 is 0 Å². The van der Waals surface area contributed by atoms with Crippen LogP contribution in [0, 0.1) is 0 Å². The molecule has 0 unspecified atom stereocenters. The van der Waals surface area contributed by atoms with Crippen molar-refractivity contribution in [3.8, 4) is 0 Å². The zero-order chi connectivity index (χ0) is 6.69. The van der Waals surface area contributed by atoms with Crippen LogP contribution in [0.25, 0.3) is 0 Å². The van der Waals surface area contributed by atoms with Crippen molar-refractivity contribution in [1.29, 1.82) is 0 Å². The van der Waals surface area contributed by atoms with Crippen LogP contribution in [0.1, 0.15) is 25.7 Å². The molecule has 1 fully saturated rings. The number of hydrogen-bond acceptors (Lipinski definition) is 1. The van der Waals surface area contributed by atoms with Crippen LogP contribution in [0.2, 0.25) is 0 Å². The van der Waals surface area contributed by atoms with Gasteiger partial charge in [-0.15, -0.1) is 0 Å². The van der Waals surface area contributed by atoms with Crippen molar-refractivity contribution in [2.24, 2.45) is 5.73 Å². The molecule has 0 aromatic carbocycles. The Kier molecular flexibility index (Phi) is 3.26. The molecule has 0 radical (unpaired) electrons. The van der Waals surface area contributed by atoms with Crippen molar-refractivity contribution in [1.82, 2.24) is 0 Å². The molecule has 0 saturated heterocycles. The summed E-state index contributed by atoms with van der Waals surface area (Å²) < 4.78 is 1.10. The molecule has 0 heterocycles. The third-order valence-corrected chi connectivity index (χ3v) is 5.02. The van der Waals surface area contributed by atoms with E-state index >= 15 is 0 Å². The third-order valence-electron chi connectivity index (χ3n) is 2.01. The van der Waals surface area contributed by atoms with Gasteiger partial charge >= 0.3 is 67.5 Å². The molecule has 0 aromatic heterocycles. The SMILES string of the molecule is C[I-]C1CCC(N)CC1. The summed E-state index contributed by atoms with van der Waals surface area (Å²) in [5.41, 5.74) is 5.76. The molecule has 1 nitrogen and oxygen atoms in total. The van der Waals surface area contributed by atoms with E-state index in [-0.39, 0.29) is 0 Å². The summed E-state index contributed by atoms with van der Waals surface area (Å²) in [4.78, 5) is 2.39. The monoisotopic (exact) mass is 240 g/mol. The van der Waals surface area contributed by atoms with Gasteiger partial charge < -0.3 is 0 Å². The molecule has 0 atom stereocenters. The number of rotatable bonds is 1. The van der Waals surface area contributed by atoms with Crippen LogP contribution in [0.3, 0.4) is 0 Å². The molecule has 1 aliphatic carbocycles. The van der Waals surface area contributed by atoms with E-state index in [1.54, 1.807) is 0 Å². The van der Waals surface area contributed by atoms with Crippen LogP contribution in [-0.4, -0.2) is 14.9 Å².